The van der Waals surface area contributed by atoms with Crippen LogP contribution in [0.3, 0.4) is 0 Å². The van der Waals surface area contributed by atoms with Crippen molar-refractivity contribution in [3.63, 3.8) is 0 Å². The summed E-state index contributed by atoms with van der Waals surface area (Å²) in [6, 6.07) is 10.4. The van der Waals surface area contributed by atoms with Crippen LogP contribution in [0.4, 0.5) is 0 Å². The lowest BCUT2D eigenvalue weighted by Gasteiger charge is -2.11. The van der Waals surface area contributed by atoms with Crippen molar-refractivity contribution < 1.29 is 0 Å². The van der Waals surface area contributed by atoms with Gasteiger partial charge >= 0.3 is 0 Å². The summed E-state index contributed by atoms with van der Waals surface area (Å²) >= 11 is 0. The molecular weight excluding hydrogens is 276 g/mol. The Morgan fingerprint density at radius 3 is 2.73 bits per heavy atom. The molecule has 0 aliphatic heterocycles. The summed E-state index contributed by atoms with van der Waals surface area (Å²) in [4.78, 5) is 4.57. The van der Waals surface area contributed by atoms with Crippen molar-refractivity contribution >= 4 is 5.96 Å². The summed E-state index contributed by atoms with van der Waals surface area (Å²) in [5.74, 6) is 1.69. The van der Waals surface area contributed by atoms with Crippen LogP contribution in [0.2, 0.25) is 0 Å². The van der Waals surface area contributed by atoms with Gasteiger partial charge in [-0.1, -0.05) is 30.3 Å². The molecule has 0 amide bonds. The highest BCUT2D eigenvalue weighted by atomic mass is 15.3. The van der Waals surface area contributed by atoms with E-state index in [1.807, 2.05) is 10.6 Å². The van der Waals surface area contributed by atoms with E-state index in [4.69, 9.17) is 0 Å². The van der Waals surface area contributed by atoms with Gasteiger partial charge in [-0.15, -0.1) is 10.2 Å². The van der Waals surface area contributed by atoms with E-state index in [-0.39, 0.29) is 0 Å². The van der Waals surface area contributed by atoms with Crippen LogP contribution in [-0.4, -0.2) is 33.8 Å². The van der Waals surface area contributed by atoms with Gasteiger partial charge in [-0.3, -0.25) is 0 Å². The fourth-order valence-corrected chi connectivity index (χ4v) is 2.13. The van der Waals surface area contributed by atoms with Crippen molar-refractivity contribution in [1.29, 1.82) is 0 Å². The Hall–Kier alpha value is -2.37. The van der Waals surface area contributed by atoms with Crippen molar-refractivity contribution in [2.24, 2.45) is 4.99 Å². The Morgan fingerprint density at radius 2 is 2.00 bits per heavy atom. The highest BCUT2D eigenvalue weighted by molar-refractivity contribution is 5.79. The summed E-state index contributed by atoms with van der Waals surface area (Å²) in [5.41, 5.74) is 1.32. The molecule has 1 aromatic carbocycles. The SMILES string of the molecule is CCNC(=NCc1nncn1CC)NCCc1ccccc1. The average Bonchev–Trinajstić information content (AvgIpc) is 3.01. The number of rotatable bonds is 7. The van der Waals surface area contributed by atoms with Gasteiger partial charge in [0.25, 0.3) is 0 Å². The third-order valence-corrected chi connectivity index (χ3v) is 3.31. The molecular formula is C16H24N6. The molecule has 2 aromatic rings. The molecule has 2 N–H and O–H groups in total. The second-order valence-electron chi connectivity index (χ2n) is 4.89. The molecule has 2 rings (SSSR count). The number of hydrogen-bond acceptors (Lipinski definition) is 3. The summed E-state index contributed by atoms with van der Waals surface area (Å²) in [5, 5.41) is 14.6. The van der Waals surface area contributed by atoms with Crippen molar-refractivity contribution in [2.45, 2.75) is 33.4 Å². The minimum atomic E-state index is 0.522. The average molecular weight is 300 g/mol. The molecule has 0 aliphatic carbocycles. The van der Waals surface area contributed by atoms with Crippen molar-refractivity contribution in [2.75, 3.05) is 13.1 Å². The third kappa shape index (κ3) is 4.87. The van der Waals surface area contributed by atoms with E-state index in [1.165, 1.54) is 5.56 Å². The van der Waals surface area contributed by atoms with Gasteiger partial charge in [0.05, 0.1) is 0 Å². The lowest BCUT2D eigenvalue weighted by atomic mass is 10.1. The van der Waals surface area contributed by atoms with Crippen LogP contribution in [-0.2, 0) is 19.5 Å². The van der Waals surface area contributed by atoms with Crippen molar-refractivity contribution in [1.82, 2.24) is 25.4 Å². The summed E-state index contributed by atoms with van der Waals surface area (Å²) < 4.78 is 2.00. The third-order valence-electron chi connectivity index (χ3n) is 3.31. The first-order chi connectivity index (χ1) is 10.8. The monoisotopic (exact) mass is 300 g/mol. The molecule has 0 spiro atoms. The van der Waals surface area contributed by atoms with E-state index in [0.717, 1.165) is 37.8 Å². The Bertz CT molecular complexity index is 575. The number of hydrogen-bond donors (Lipinski definition) is 2. The summed E-state index contributed by atoms with van der Waals surface area (Å²) in [6.45, 7) is 7.18. The van der Waals surface area contributed by atoms with Gasteiger partial charge in [0, 0.05) is 19.6 Å². The molecule has 0 saturated carbocycles. The second kappa shape index (κ2) is 8.81. The fraction of sp³-hybridized carbons (Fsp3) is 0.438. The van der Waals surface area contributed by atoms with Gasteiger partial charge in [0.15, 0.2) is 11.8 Å². The summed E-state index contributed by atoms with van der Waals surface area (Å²) in [6.07, 6.45) is 2.71. The van der Waals surface area contributed by atoms with Crippen LogP contribution in [0.5, 0.6) is 0 Å². The second-order valence-corrected chi connectivity index (χ2v) is 4.89. The van der Waals surface area contributed by atoms with E-state index in [0.29, 0.717) is 6.54 Å². The largest absolute Gasteiger partial charge is 0.357 e. The molecule has 118 valence electrons. The van der Waals surface area contributed by atoms with Gasteiger partial charge in [0.1, 0.15) is 12.9 Å². The number of aryl methyl sites for hydroxylation is 1. The predicted molar refractivity (Wildman–Crippen MR) is 88.7 cm³/mol. The zero-order chi connectivity index (χ0) is 15.6. The Labute approximate surface area is 131 Å². The number of guanidine groups is 1. The Balaban J connectivity index is 1.87. The maximum atomic E-state index is 4.57. The number of nitrogens with one attached hydrogen (secondary N) is 2. The van der Waals surface area contributed by atoms with E-state index < -0.39 is 0 Å². The van der Waals surface area contributed by atoms with E-state index >= 15 is 0 Å². The molecule has 0 fully saturated rings. The first-order valence-corrected chi connectivity index (χ1v) is 7.76. The Kier molecular flexibility index (Phi) is 6.41. The lowest BCUT2D eigenvalue weighted by Crippen LogP contribution is -2.38. The fourth-order valence-electron chi connectivity index (χ4n) is 2.13. The normalized spacial score (nSPS) is 11.5. The molecule has 1 aromatic heterocycles. The molecule has 0 saturated heterocycles. The number of benzene rings is 1. The molecule has 0 unspecified atom stereocenters. The van der Waals surface area contributed by atoms with Crippen LogP contribution in [0, 0.1) is 0 Å². The van der Waals surface area contributed by atoms with E-state index in [1.54, 1.807) is 6.33 Å². The minimum absolute atomic E-state index is 0.522. The Morgan fingerprint density at radius 1 is 1.18 bits per heavy atom. The van der Waals surface area contributed by atoms with Crippen LogP contribution >= 0.6 is 0 Å². The van der Waals surface area contributed by atoms with Crippen LogP contribution in [0.15, 0.2) is 41.7 Å². The molecule has 0 radical (unpaired) electrons. The topological polar surface area (TPSA) is 67.1 Å². The standard InChI is InChI=1S/C16H24N6/c1-3-17-16(18-11-10-14-8-6-5-7-9-14)19-12-15-21-20-13-22(15)4-2/h5-9,13H,3-4,10-12H2,1-2H3,(H2,17,18,19). The zero-order valence-corrected chi connectivity index (χ0v) is 13.3. The van der Waals surface area contributed by atoms with Crippen LogP contribution in [0.1, 0.15) is 25.2 Å². The number of aliphatic imine (C=N–C) groups is 1. The molecule has 6 nitrogen and oxygen atoms in total. The molecule has 0 atom stereocenters. The minimum Gasteiger partial charge on any atom is -0.357 e. The first-order valence-electron chi connectivity index (χ1n) is 7.76. The van der Waals surface area contributed by atoms with Gasteiger partial charge in [-0.05, 0) is 25.8 Å². The van der Waals surface area contributed by atoms with Gasteiger partial charge in [-0.25, -0.2) is 4.99 Å². The molecule has 22 heavy (non-hydrogen) atoms. The first kappa shape index (κ1) is 16.0. The highest BCUT2D eigenvalue weighted by Crippen LogP contribution is 1.99. The van der Waals surface area contributed by atoms with Gasteiger partial charge in [-0.2, -0.15) is 0 Å². The highest BCUT2D eigenvalue weighted by Gasteiger charge is 2.03. The van der Waals surface area contributed by atoms with E-state index in [2.05, 4.69) is 63.9 Å². The lowest BCUT2D eigenvalue weighted by molar-refractivity contribution is 0.693. The molecule has 0 aliphatic rings. The van der Waals surface area contributed by atoms with Gasteiger partial charge in [0.2, 0.25) is 0 Å². The predicted octanol–water partition coefficient (Wildman–Crippen LogP) is 1.60. The van der Waals surface area contributed by atoms with Crippen molar-refractivity contribution in [3.05, 3.63) is 48.0 Å². The number of nitrogens with zero attached hydrogens (tertiary/aromatic N) is 4. The van der Waals surface area contributed by atoms with Crippen molar-refractivity contribution in [3.8, 4) is 0 Å². The molecule has 6 heteroatoms. The van der Waals surface area contributed by atoms with Crippen LogP contribution < -0.4 is 10.6 Å². The quantitative estimate of drug-likeness (QED) is 0.602. The smallest absolute Gasteiger partial charge is 0.191 e. The number of aromatic nitrogens is 3. The van der Waals surface area contributed by atoms with Gasteiger partial charge < -0.3 is 15.2 Å². The maximum absolute atomic E-state index is 4.57. The zero-order valence-electron chi connectivity index (χ0n) is 13.3. The molecule has 0 bridgehead atoms. The maximum Gasteiger partial charge on any atom is 0.191 e. The van der Waals surface area contributed by atoms with E-state index in [9.17, 15) is 0 Å². The van der Waals surface area contributed by atoms with Crippen LogP contribution in [0.25, 0.3) is 0 Å². The molecule has 1 heterocycles. The summed E-state index contributed by atoms with van der Waals surface area (Å²) in [7, 11) is 0.